The van der Waals surface area contributed by atoms with Crippen LogP contribution in [0.5, 0.6) is 0 Å². The van der Waals surface area contributed by atoms with Gasteiger partial charge in [-0.1, -0.05) is 54.6 Å². The van der Waals surface area contributed by atoms with Crippen molar-refractivity contribution in [2.75, 3.05) is 4.31 Å². The van der Waals surface area contributed by atoms with Crippen LogP contribution in [0.25, 0.3) is 0 Å². The zero-order valence-electron chi connectivity index (χ0n) is 14.6. The minimum atomic E-state index is -3.86. The molecule has 26 heavy (non-hydrogen) atoms. The summed E-state index contributed by atoms with van der Waals surface area (Å²) >= 11 is 0. The maximum absolute atomic E-state index is 14.2. The van der Waals surface area contributed by atoms with Crippen molar-refractivity contribution in [3.05, 3.63) is 95.8 Å². The molecule has 134 valence electrons. The highest BCUT2D eigenvalue weighted by molar-refractivity contribution is 7.92. The normalized spacial score (nSPS) is 12.6. The minimum absolute atomic E-state index is 0.170. The van der Waals surface area contributed by atoms with E-state index < -0.39 is 21.9 Å². The molecule has 3 aromatic rings. The zero-order valence-corrected chi connectivity index (χ0v) is 15.4. The lowest BCUT2D eigenvalue weighted by molar-refractivity contribution is 0.581. The Morgan fingerprint density at radius 1 is 0.885 bits per heavy atom. The Hall–Kier alpha value is -2.66. The first-order valence-electron chi connectivity index (χ1n) is 8.32. The summed E-state index contributed by atoms with van der Waals surface area (Å²) in [6.45, 7) is 3.45. The Morgan fingerprint density at radius 2 is 1.46 bits per heavy atom. The molecule has 0 aliphatic carbocycles. The summed E-state index contributed by atoms with van der Waals surface area (Å²) in [5, 5.41) is 0. The molecule has 3 aromatic carbocycles. The molecular weight excluding hydrogens is 349 g/mol. The lowest BCUT2D eigenvalue weighted by atomic mass is 10.1. The van der Waals surface area contributed by atoms with Crippen molar-refractivity contribution < 1.29 is 12.8 Å². The van der Waals surface area contributed by atoms with Gasteiger partial charge in [-0.3, -0.25) is 4.31 Å². The third-order valence-electron chi connectivity index (χ3n) is 4.34. The number of rotatable bonds is 5. The second-order valence-electron chi connectivity index (χ2n) is 6.13. The van der Waals surface area contributed by atoms with E-state index in [2.05, 4.69) is 0 Å². The fraction of sp³-hybridized carbons (Fsp3) is 0.143. The van der Waals surface area contributed by atoms with Gasteiger partial charge in [-0.05, 0) is 49.2 Å². The summed E-state index contributed by atoms with van der Waals surface area (Å²) in [6, 6.07) is 21.5. The summed E-state index contributed by atoms with van der Waals surface area (Å²) in [6.07, 6.45) is 0. The number of nitrogens with zero attached hydrogens (tertiary/aromatic N) is 1. The molecule has 0 aromatic heterocycles. The van der Waals surface area contributed by atoms with E-state index in [0.717, 1.165) is 5.56 Å². The van der Waals surface area contributed by atoms with E-state index in [1.165, 1.54) is 10.4 Å². The summed E-state index contributed by atoms with van der Waals surface area (Å²) < 4.78 is 42.1. The van der Waals surface area contributed by atoms with Gasteiger partial charge in [0.2, 0.25) is 0 Å². The number of hydrogen-bond acceptors (Lipinski definition) is 2. The van der Waals surface area contributed by atoms with Crippen LogP contribution in [0.1, 0.15) is 24.1 Å². The van der Waals surface area contributed by atoms with Crippen LogP contribution in [0.4, 0.5) is 10.1 Å². The van der Waals surface area contributed by atoms with Crippen molar-refractivity contribution >= 4 is 15.7 Å². The lowest BCUT2D eigenvalue weighted by Crippen LogP contribution is -2.33. The molecule has 0 radical (unpaired) electrons. The van der Waals surface area contributed by atoms with Crippen molar-refractivity contribution in [2.45, 2.75) is 24.8 Å². The molecule has 0 fully saturated rings. The smallest absolute Gasteiger partial charge is 0.259 e. The van der Waals surface area contributed by atoms with Gasteiger partial charge in [-0.2, -0.15) is 0 Å². The monoisotopic (exact) mass is 369 g/mol. The molecule has 0 heterocycles. The number of anilines is 1. The van der Waals surface area contributed by atoms with Gasteiger partial charge in [0.05, 0.1) is 16.6 Å². The maximum atomic E-state index is 14.2. The summed E-state index contributed by atoms with van der Waals surface area (Å²) in [4.78, 5) is 0.170. The van der Waals surface area contributed by atoms with Crippen molar-refractivity contribution in [3.8, 4) is 0 Å². The zero-order chi connectivity index (χ0) is 18.7. The third-order valence-corrected chi connectivity index (χ3v) is 6.26. The average Bonchev–Trinajstić information content (AvgIpc) is 2.66. The molecule has 0 bridgehead atoms. The van der Waals surface area contributed by atoms with E-state index >= 15 is 0 Å². The van der Waals surface area contributed by atoms with Gasteiger partial charge >= 0.3 is 0 Å². The van der Waals surface area contributed by atoms with Crippen molar-refractivity contribution in [3.63, 3.8) is 0 Å². The van der Waals surface area contributed by atoms with Crippen LogP contribution < -0.4 is 4.31 Å². The highest BCUT2D eigenvalue weighted by Crippen LogP contribution is 2.33. The fourth-order valence-electron chi connectivity index (χ4n) is 2.86. The molecule has 0 N–H and O–H groups in total. The highest BCUT2D eigenvalue weighted by Gasteiger charge is 2.30. The topological polar surface area (TPSA) is 37.4 Å². The Kier molecular flexibility index (Phi) is 5.09. The molecule has 0 aliphatic rings. The van der Waals surface area contributed by atoms with E-state index in [9.17, 15) is 12.8 Å². The van der Waals surface area contributed by atoms with Crippen LogP contribution >= 0.6 is 0 Å². The molecule has 0 unspecified atom stereocenters. The standard InChI is InChI=1S/C21H20FNO2S/c1-16-13-14-19(15-21(16)22)23(17(2)18-9-5-3-6-10-18)26(24,25)20-11-7-4-8-12-20/h3-15,17H,1-2H3/t17-/m0/s1. The van der Waals surface area contributed by atoms with Crippen molar-refractivity contribution in [1.29, 1.82) is 0 Å². The van der Waals surface area contributed by atoms with Gasteiger partial charge in [0, 0.05) is 0 Å². The molecule has 0 spiro atoms. The van der Waals surface area contributed by atoms with E-state index in [1.54, 1.807) is 56.3 Å². The van der Waals surface area contributed by atoms with Gasteiger partial charge in [0.15, 0.2) is 0 Å². The van der Waals surface area contributed by atoms with Crippen molar-refractivity contribution in [2.24, 2.45) is 0 Å². The van der Waals surface area contributed by atoms with Gasteiger partial charge in [-0.25, -0.2) is 12.8 Å². The second-order valence-corrected chi connectivity index (χ2v) is 7.95. The number of sulfonamides is 1. The maximum Gasteiger partial charge on any atom is 0.264 e. The van der Waals surface area contributed by atoms with Crippen LogP contribution in [0, 0.1) is 12.7 Å². The second kappa shape index (κ2) is 7.30. The van der Waals surface area contributed by atoms with E-state index in [0.29, 0.717) is 11.3 Å². The fourth-order valence-corrected chi connectivity index (χ4v) is 4.52. The largest absolute Gasteiger partial charge is 0.264 e. The predicted molar refractivity (Wildman–Crippen MR) is 102 cm³/mol. The Morgan fingerprint density at radius 3 is 2.04 bits per heavy atom. The molecule has 0 saturated carbocycles. The third kappa shape index (κ3) is 3.48. The van der Waals surface area contributed by atoms with E-state index in [1.807, 2.05) is 30.3 Å². The summed E-state index contributed by atoms with van der Waals surface area (Å²) in [7, 11) is -3.86. The molecule has 0 aliphatic heterocycles. The SMILES string of the molecule is Cc1ccc(N([C@@H](C)c2ccccc2)S(=O)(=O)c2ccccc2)cc1F. The number of aryl methyl sites for hydroxylation is 1. The van der Waals surface area contributed by atoms with Crippen LogP contribution in [0.3, 0.4) is 0 Å². The summed E-state index contributed by atoms with van der Waals surface area (Å²) in [5.74, 6) is -0.434. The highest BCUT2D eigenvalue weighted by atomic mass is 32.2. The van der Waals surface area contributed by atoms with Gasteiger partial charge in [0.1, 0.15) is 5.82 Å². The molecule has 3 nitrogen and oxygen atoms in total. The summed E-state index contributed by atoms with van der Waals surface area (Å²) in [5.41, 5.74) is 1.60. The van der Waals surface area contributed by atoms with E-state index in [-0.39, 0.29) is 4.90 Å². The first-order chi connectivity index (χ1) is 12.4. The number of halogens is 1. The Balaban J connectivity index is 2.17. The average molecular weight is 369 g/mol. The molecule has 5 heteroatoms. The van der Waals surface area contributed by atoms with Crippen LogP contribution in [-0.4, -0.2) is 8.42 Å². The van der Waals surface area contributed by atoms with Crippen LogP contribution in [-0.2, 0) is 10.0 Å². The first kappa shape index (κ1) is 18.1. The van der Waals surface area contributed by atoms with E-state index in [4.69, 9.17) is 0 Å². The predicted octanol–water partition coefficient (Wildman–Crippen LogP) is 5.09. The van der Waals surface area contributed by atoms with Gasteiger partial charge in [0.25, 0.3) is 10.0 Å². The number of hydrogen-bond donors (Lipinski definition) is 0. The first-order valence-corrected chi connectivity index (χ1v) is 9.76. The molecular formula is C21H20FNO2S. The van der Waals surface area contributed by atoms with Gasteiger partial charge < -0.3 is 0 Å². The molecule has 3 rings (SSSR count). The molecule has 1 atom stereocenters. The molecule has 0 amide bonds. The van der Waals surface area contributed by atoms with Crippen molar-refractivity contribution in [1.82, 2.24) is 0 Å². The van der Waals surface area contributed by atoms with Crippen LogP contribution in [0.15, 0.2) is 83.8 Å². The van der Waals surface area contributed by atoms with Gasteiger partial charge in [-0.15, -0.1) is 0 Å². The lowest BCUT2D eigenvalue weighted by Gasteiger charge is -2.31. The number of benzene rings is 3. The Bertz CT molecular complexity index is 989. The molecule has 0 saturated heterocycles. The minimum Gasteiger partial charge on any atom is -0.259 e. The quantitative estimate of drug-likeness (QED) is 0.628. The Labute approximate surface area is 153 Å². The van der Waals surface area contributed by atoms with Crippen LogP contribution in [0.2, 0.25) is 0 Å².